The summed E-state index contributed by atoms with van der Waals surface area (Å²) in [7, 11) is 0. The van der Waals surface area contributed by atoms with Gasteiger partial charge in [-0.15, -0.1) is 11.3 Å². The van der Waals surface area contributed by atoms with Crippen molar-refractivity contribution in [1.82, 2.24) is 9.97 Å². The third kappa shape index (κ3) is 3.19. The SMILES string of the molecule is CC(=O)Nc1nc(C)c(-c2csc(C(C)(C)C)n2)s1. The van der Waals surface area contributed by atoms with Gasteiger partial charge < -0.3 is 5.32 Å². The molecule has 2 aromatic rings. The van der Waals surface area contributed by atoms with Crippen LogP contribution in [0.5, 0.6) is 0 Å². The molecule has 2 aromatic heterocycles. The van der Waals surface area contributed by atoms with E-state index in [-0.39, 0.29) is 11.3 Å². The summed E-state index contributed by atoms with van der Waals surface area (Å²) in [4.78, 5) is 21.1. The molecule has 4 nitrogen and oxygen atoms in total. The molecule has 0 unspecified atom stereocenters. The molecule has 0 saturated heterocycles. The van der Waals surface area contributed by atoms with E-state index in [1.807, 2.05) is 6.92 Å². The highest BCUT2D eigenvalue weighted by molar-refractivity contribution is 7.19. The number of hydrogen-bond acceptors (Lipinski definition) is 5. The van der Waals surface area contributed by atoms with Crippen molar-refractivity contribution in [1.29, 1.82) is 0 Å². The standard InChI is InChI=1S/C13H17N3OS2/c1-7-10(19-12(14-7)15-8(2)17)9-6-18-11(16-9)13(3,4)5/h6H,1-5H3,(H,14,15,17). The maximum absolute atomic E-state index is 11.0. The van der Waals surface area contributed by atoms with Gasteiger partial charge in [-0.25, -0.2) is 9.97 Å². The fraction of sp³-hybridized carbons (Fsp3) is 0.462. The van der Waals surface area contributed by atoms with Crippen molar-refractivity contribution in [3.8, 4) is 10.6 Å². The molecule has 0 aliphatic rings. The predicted octanol–water partition coefficient (Wildman–Crippen LogP) is 3.83. The minimum Gasteiger partial charge on any atom is -0.302 e. The zero-order valence-electron chi connectivity index (χ0n) is 11.7. The normalized spacial score (nSPS) is 11.6. The Morgan fingerprint density at radius 2 is 2.00 bits per heavy atom. The van der Waals surface area contributed by atoms with Crippen LogP contribution in [0.1, 0.15) is 38.4 Å². The topological polar surface area (TPSA) is 54.9 Å². The molecule has 0 saturated carbocycles. The van der Waals surface area contributed by atoms with Gasteiger partial charge in [-0.05, 0) is 6.92 Å². The number of carbonyl (C=O) groups is 1. The smallest absolute Gasteiger partial charge is 0.223 e. The maximum atomic E-state index is 11.0. The molecule has 0 spiro atoms. The number of aromatic nitrogens is 2. The van der Waals surface area contributed by atoms with Crippen LogP contribution in [0, 0.1) is 6.92 Å². The number of nitrogens with zero attached hydrogens (tertiary/aromatic N) is 2. The summed E-state index contributed by atoms with van der Waals surface area (Å²) in [6.45, 7) is 9.87. The van der Waals surface area contributed by atoms with E-state index < -0.39 is 0 Å². The highest BCUT2D eigenvalue weighted by atomic mass is 32.1. The molecule has 1 N–H and O–H groups in total. The van der Waals surface area contributed by atoms with Gasteiger partial charge in [0.1, 0.15) is 0 Å². The van der Waals surface area contributed by atoms with Gasteiger partial charge in [0.05, 0.1) is 21.3 Å². The van der Waals surface area contributed by atoms with E-state index in [4.69, 9.17) is 0 Å². The minimum absolute atomic E-state index is 0.0575. The lowest BCUT2D eigenvalue weighted by atomic mass is 9.98. The number of nitrogens with one attached hydrogen (secondary N) is 1. The molecular formula is C13H17N3OS2. The molecule has 6 heteroatoms. The molecule has 2 rings (SSSR count). The van der Waals surface area contributed by atoms with E-state index in [2.05, 4.69) is 41.4 Å². The van der Waals surface area contributed by atoms with Crippen LogP contribution in [-0.2, 0) is 10.2 Å². The van der Waals surface area contributed by atoms with Crippen molar-refractivity contribution in [2.75, 3.05) is 5.32 Å². The first-order valence-corrected chi connectivity index (χ1v) is 7.68. The number of carbonyl (C=O) groups excluding carboxylic acids is 1. The van der Waals surface area contributed by atoms with Crippen molar-refractivity contribution < 1.29 is 4.79 Å². The third-order valence-electron chi connectivity index (χ3n) is 2.46. The third-order valence-corrected chi connectivity index (χ3v) is 4.82. The van der Waals surface area contributed by atoms with Gasteiger partial charge in [-0.3, -0.25) is 4.79 Å². The monoisotopic (exact) mass is 295 g/mol. The summed E-state index contributed by atoms with van der Waals surface area (Å²) in [5.74, 6) is -0.103. The summed E-state index contributed by atoms with van der Waals surface area (Å²) in [5, 5.41) is 6.51. The fourth-order valence-corrected chi connectivity index (χ4v) is 3.51. The number of hydrogen-bond donors (Lipinski definition) is 1. The van der Waals surface area contributed by atoms with Crippen LogP contribution in [-0.4, -0.2) is 15.9 Å². The predicted molar refractivity (Wildman–Crippen MR) is 81.0 cm³/mol. The molecule has 0 bridgehead atoms. The zero-order valence-corrected chi connectivity index (χ0v) is 13.3. The molecule has 0 radical (unpaired) electrons. The molecule has 0 aliphatic heterocycles. The summed E-state index contributed by atoms with van der Waals surface area (Å²) in [6, 6.07) is 0. The van der Waals surface area contributed by atoms with Gasteiger partial charge in [0.15, 0.2) is 5.13 Å². The lowest BCUT2D eigenvalue weighted by molar-refractivity contribution is -0.114. The van der Waals surface area contributed by atoms with E-state index in [0.717, 1.165) is 21.3 Å². The Bertz CT molecular complexity index is 608. The first-order chi connectivity index (χ1) is 8.77. The summed E-state index contributed by atoms with van der Waals surface area (Å²) in [5.41, 5.74) is 1.91. The van der Waals surface area contributed by atoms with Crippen LogP contribution in [0.4, 0.5) is 5.13 Å². The van der Waals surface area contributed by atoms with E-state index in [1.54, 1.807) is 11.3 Å². The first-order valence-electron chi connectivity index (χ1n) is 5.99. The number of aryl methyl sites for hydroxylation is 1. The molecule has 0 atom stereocenters. The number of anilines is 1. The molecule has 0 aliphatic carbocycles. The zero-order chi connectivity index (χ0) is 14.2. The van der Waals surface area contributed by atoms with Crippen molar-refractivity contribution in [3.05, 3.63) is 16.1 Å². The lowest BCUT2D eigenvalue weighted by Crippen LogP contribution is -2.10. The molecule has 0 aromatic carbocycles. The molecule has 2 heterocycles. The van der Waals surface area contributed by atoms with Crippen molar-refractivity contribution >= 4 is 33.7 Å². The second-order valence-electron chi connectivity index (χ2n) is 5.40. The maximum Gasteiger partial charge on any atom is 0.223 e. The molecular weight excluding hydrogens is 278 g/mol. The van der Waals surface area contributed by atoms with E-state index in [9.17, 15) is 4.79 Å². The van der Waals surface area contributed by atoms with Gasteiger partial charge in [0.2, 0.25) is 5.91 Å². The molecule has 19 heavy (non-hydrogen) atoms. The Hall–Kier alpha value is -1.27. The Labute approximate surface area is 120 Å². The minimum atomic E-state index is -0.103. The molecule has 102 valence electrons. The summed E-state index contributed by atoms with van der Waals surface area (Å²) < 4.78 is 0. The summed E-state index contributed by atoms with van der Waals surface area (Å²) >= 11 is 3.13. The fourth-order valence-electron chi connectivity index (χ4n) is 1.56. The quantitative estimate of drug-likeness (QED) is 0.916. The highest BCUT2D eigenvalue weighted by Crippen LogP contribution is 2.35. The summed E-state index contributed by atoms with van der Waals surface area (Å²) in [6.07, 6.45) is 0. The largest absolute Gasteiger partial charge is 0.302 e. The molecule has 0 fully saturated rings. The Balaban J connectivity index is 2.34. The number of amides is 1. The van der Waals surface area contributed by atoms with Gasteiger partial charge in [-0.2, -0.15) is 0 Å². The number of rotatable bonds is 2. The average molecular weight is 295 g/mol. The second kappa shape index (κ2) is 5.02. The van der Waals surface area contributed by atoms with Crippen molar-refractivity contribution in [2.24, 2.45) is 0 Å². The second-order valence-corrected chi connectivity index (χ2v) is 7.26. The van der Waals surface area contributed by atoms with E-state index >= 15 is 0 Å². The Kier molecular flexibility index (Phi) is 3.73. The molecule has 1 amide bonds. The van der Waals surface area contributed by atoms with Crippen LogP contribution < -0.4 is 5.32 Å². The van der Waals surface area contributed by atoms with Crippen LogP contribution in [0.15, 0.2) is 5.38 Å². The van der Waals surface area contributed by atoms with Gasteiger partial charge >= 0.3 is 0 Å². The van der Waals surface area contributed by atoms with Crippen LogP contribution in [0.2, 0.25) is 0 Å². The van der Waals surface area contributed by atoms with Crippen LogP contribution in [0.3, 0.4) is 0 Å². The van der Waals surface area contributed by atoms with Crippen molar-refractivity contribution in [3.63, 3.8) is 0 Å². The Morgan fingerprint density at radius 3 is 2.53 bits per heavy atom. The lowest BCUT2D eigenvalue weighted by Gasteiger charge is -2.13. The van der Waals surface area contributed by atoms with Gasteiger partial charge in [0.25, 0.3) is 0 Å². The Morgan fingerprint density at radius 1 is 1.32 bits per heavy atom. The average Bonchev–Trinajstić information content (AvgIpc) is 2.82. The van der Waals surface area contributed by atoms with Crippen molar-refractivity contribution in [2.45, 2.75) is 40.0 Å². The first kappa shape index (κ1) is 14.1. The number of thiazole rings is 2. The van der Waals surface area contributed by atoms with Gasteiger partial charge in [-0.1, -0.05) is 32.1 Å². The van der Waals surface area contributed by atoms with E-state index in [0.29, 0.717) is 5.13 Å². The van der Waals surface area contributed by atoms with Crippen LogP contribution in [0.25, 0.3) is 10.6 Å². The van der Waals surface area contributed by atoms with E-state index in [1.165, 1.54) is 18.3 Å². The van der Waals surface area contributed by atoms with Gasteiger partial charge in [0, 0.05) is 17.7 Å². The van der Waals surface area contributed by atoms with Crippen LogP contribution >= 0.6 is 22.7 Å². The highest BCUT2D eigenvalue weighted by Gasteiger charge is 2.20.